The van der Waals surface area contributed by atoms with E-state index in [1.165, 1.54) is 6.92 Å². The highest BCUT2D eigenvalue weighted by molar-refractivity contribution is 7.19. The largest absolute Gasteiger partial charge is 0.497 e. The van der Waals surface area contributed by atoms with Crippen molar-refractivity contribution in [3.63, 3.8) is 0 Å². The Kier molecular flexibility index (Phi) is 24.0. The maximum absolute atomic E-state index is 12.7. The van der Waals surface area contributed by atoms with Gasteiger partial charge in [0.2, 0.25) is 5.91 Å². The Bertz CT molecular complexity index is 1910. The van der Waals surface area contributed by atoms with Gasteiger partial charge in [0.05, 0.1) is 30.5 Å². The van der Waals surface area contributed by atoms with Crippen molar-refractivity contribution in [1.29, 1.82) is 0 Å². The SMILES string of the molecule is C/C=C(\C=C/C(=C\CC)OCCCCCOc1ccc(C)c(C(=O)C(C)CC)c1)/C=C/C=C/c1nc2ccc(OC)cc2s1.CC/C=C1/NC(=O)CCC1C.CC=O. The van der Waals surface area contributed by atoms with Crippen molar-refractivity contribution in [2.75, 3.05) is 20.3 Å². The molecule has 0 aliphatic carbocycles. The van der Waals surface area contributed by atoms with E-state index in [1.54, 1.807) is 18.4 Å². The summed E-state index contributed by atoms with van der Waals surface area (Å²) in [4.78, 5) is 37.1. The lowest BCUT2D eigenvalue weighted by molar-refractivity contribution is -0.121. The number of nitrogens with one attached hydrogen (secondary N) is 1. The van der Waals surface area contributed by atoms with Gasteiger partial charge in [0.25, 0.3) is 0 Å². The molecule has 0 spiro atoms. The van der Waals surface area contributed by atoms with Gasteiger partial charge in [0, 0.05) is 23.6 Å². The number of aryl methyl sites for hydroxylation is 1. The lowest BCUT2D eigenvalue weighted by Crippen LogP contribution is -2.31. The first-order valence-electron chi connectivity index (χ1n) is 20.7. The van der Waals surface area contributed by atoms with Crippen LogP contribution < -0.4 is 14.8 Å². The molecular weight excluding hydrogens is 745 g/mol. The third-order valence-electron chi connectivity index (χ3n) is 9.33. The van der Waals surface area contributed by atoms with Gasteiger partial charge in [0.1, 0.15) is 28.6 Å². The summed E-state index contributed by atoms with van der Waals surface area (Å²) in [5.41, 5.74) is 4.96. The molecule has 1 N–H and O–H groups in total. The number of nitrogens with zero attached hydrogens (tertiary/aromatic N) is 1. The molecule has 1 aromatic heterocycles. The standard InChI is InChI=1S/C38H47NO4S.C9H15NO.C2H4O/c1-7-15-31(42-24-13-10-14-25-43-33-20-18-29(5)34(26-33)38(40)28(4)8-2)21-19-30(9-3)16-11-12-17-37-39-35-23-22-32(41-6)27-36(35)44-37;1-3-4-8-7(2)5-6-9(11)10-8;1-2-3/h9,11-12,15-23,26-28H,7-8,10,13-14,24-25H2,1-6H3;4,7H,3,5-6H2,1-2H3,(H,10,11);2H,1H3/b16-11+,17-12+,21-19-,30-9-,31-15+;8-4+;. The Morgan fingerprint density at radius 1 is 0.983 bits per heavy atom. The predicted molar refractivity (Wildman–Crippen MR) is 243 cm³/mol. The molecule has 314 valence electrons. The first-order chi connectivity index (χ1) is 28.0. The van der Waals surface area contributed by atoms with Crippen LogP contribution in [-0.2, 0) is 14.3 Å². The zero-order valence-corrected chi connectivity index (χ0v) is 37.1. The van der Waals surface area contributed by atoms with Crippen molar-refractivity contribution in [3.8, 4) is 11.5 Å². The van der Waals surface area contributed by atoms with E-state index >= 15 is 0 Å². The Hall–Kier alpha value is -5.02. The number of Topliss-reactive ketones (excluding diaryl/α,β-unsaturated/α-hetero) is 1. The summed E-state index contributed by atoms with van der Waals surface area (Å²) in [6, 6.07) is 11.8. The van der Waals surface area contributed by atoms with Crippen LogP contribution in [0.4, 0.5) is 0 Å². The van der Waals surface area contributed by atoms with Gasteiger partial charge in [-0.25, -0.2) is 4.98 Å². The Morgan fingerprint density at radius 2 is 1.72 bits per heavy atom. The van der Waals surface area contributed by atoms with Gasteiger partial charge in [-0.3, -0.25) is 9.59 Å². The first kappa shape index (κ1) is 49.1. The second-order valence-electron chi connectivity index (χ2n) is 13.9. The number of methoxy groups -OCH3 is 1. The van der Waals surface area contributed by atoms with Crippen LogP contribution in [0.5, 0.6) is 11.5 Å². The number of allylic oxidation sites excluding steroid dienone is 10. The van der Waals surface area contributed by atoms with E-state index in [2.05, 4.69) is 61.5 Å². The van der Waals surface area contributed by atoms with Gasteiger partial charge in [-0.05, 0) is 131 Å². The average molecular weight is 811 g/mol. The lowest BCUT2D eigenvalue weighted by atomic mass is 9.94. The molecule has 8 nitrogen and oxygen atoms in total. The second kappa shape index (κ2) is 28.4. The maximum atomic E-state index is 12.7. The van der Waals surface area contributed by atoms with Crippen LogP contribution in [0.3, 0.4) is 0 Å². The van der Waals surface area contributed by atoms with Crippen molar-refractivity contribution in [2.45, 2.75) is 107 Å². The van der Waals surface area contributed by atoms with Gasteiger partial charge >= 0.3 is 0 Å². The molecule has 1 amide bonds. The number of fused-ring (bicyclic) bond motifs is 1. The molecule has 9 heteroatoms. The number of carbonyl (C=O) groups excluding carboxylic acids is 3. The number of aromatic nitrogens is 1. The van der Waals surface area contributed by atoms with Gasteiger partial charge < -0.3 is 24.3 Å². The Labute approximate surface area is 351 Å². The number of thiazole rings is 1. The normalized spacial score (nSPS) is 15.8. The van der Waals surface area contributed by atoms with Crippen molar-refractivity contribution in [1.82, 2.24) is 10.3 Å². The van der Waals surface area contributed by atoms with Crippen LogP contribution in [0.15, 0.2) is 102 Å². The van der Waals surface area contributed by atoms with Crippen LogP contribution in [0.1, 0.15) is 121 Å². The van der Waals surface area contributed by atoms with E-state index in [-0.39, 0.29) is 17.6 Å². The minimum Gasteiger partial charge on any atom is -0.497 e. The van der Waals surface area contributed by atoms with Crippen LogP contribution in [-0.4, -0.2) is 43.3 Å². The Morgan fingerprint density at radius 3 is 2.41 bits per heavy atom. The summed E-state index contributed by atoms with van der Waals surface area (Å²) in [6.07, 6.45) is 26.6. The molecule has 2 heterocycles. The summed E-state index contributed by atoms with van der Waals surface area (Å²) in [5.74, 6) is 3.41. The van der Waals surface area contributed by atoms with Gasteiger partial charge in [0.15, 0.2) is 5.78 Å². The zero-order valence-electron chi connectivity index (χ0n) is 36.3. The van der Waals surface area contributed by atoms with E-state index in [9.17, 15) is 9.59 Å². The number of unbranched alkanes of at least 4 members (excludes halogenated alkanes) is 2. The monoisotopic (exact) mass is 810 g/mol. The topological polar surface area (TPSA) is 104 Å². The minimum atomic E-state index is 0.0237. The zero-order chi connectivity index (χ0) is 42.7. The molecule has 58 heavy (non-hydrogen) atoms. The number of benzene rings is 2. The summed E-state index contributed by atoms with van der Waals surface area (Å²) in [5, 5.41) is 3.85. The van der Waals surface area contributed by atoms with E-state index in [0.29, 0.717) is 25.6 Å². The highest BCUT2D eigenvalue weighted by atomic mass is 32.1. The summed E-state index contributed by atoms with van der Waals surface area (Å²) < 4.78 is 18.5. The molecule has 1 aliphatic rings. The van der Waals surface area contributed by atoms with E-state index in [0.717, 1.165) is 106 Å². The molecular formula is C49H66N2O6S. The van der Waals surface area contributed by atoms with Crippen molar-refractivity contribution in [3.05, 3.63) is 118 Å². The fraction of sp³-hybridized carbons (Fsp3) is 0.429. The number of amides is 1. The molecule has 4 rings (SSSR count). The highest BCUT2D eigenvalue weighted by Crippen LogP contribution is 2.27. The number of rotatable bonds is 19. The number of carbonyl (C=O) groups is 3. The smallest absolute Gasteiger partial charge is 0.224 e. The number of ether oxygens (including phenoxy) is 3. The van der Waals surface area contributed by atoms with Crippen LogP contribution >= 0.6 is 11.3 Å². The van der Waals surface area contributed by atoms with E-state index < -0.39 is 0 Å². The van der Waals surface area contributed by atoms with Crippen molar-refractivity contribution < 1.29 is 28.6 Å². The van der Waals surface area contributed by atoms with Crippen molar-refractivity contribution in [2.24, 2.45) is 11.8 Å². The second-order valence-corrected chi connectivity index (χ2v) is 15.0. The third kappa shape index (κ3) is 18.1. The van der Waals surface area contributed by atoms with E-state index in [4.69, 9.17) is 19.0 Å². The first-order valence-corrected chi connectivity index (χ1v) is 21.5. The summed E-state index contributed by atoms with van der Waals surface area (Å²) in [7, 11) is 1.68. The van der Waals surface area contributed by atoms with Crippen LogP contribution in [0.2, 0.25) is 0 Å². The quantitative estimate of drug-likeness (QED) is 0.0423. The fourth-order valence-corrected chi connectivity index (χ4v) is 6.63. The number of hydrogen-bond donors (Lipinski definition) is 1. The molecule has 0 bridgehead atoms. The maximum Gasteiger partial charge on any atom is 0.224 e. The number of hydrogen-bond acceptors (Lipinski definition) is 8. The van der Waals surface area contributed by atoms with E-state index in [1.807, 2.05) is 88.4 Å². The molecule has 1 saturated heterocycles. The Balaban J connectivity index is 0.000000699. The number of piperidine rings is 1. The molecule has 1 aliphatic heterocycles. The fourth-order valence-electron chi connectivity index (χ4n) is 5.72. The van der Waals surface area contributed by atoms with Gasteiger partial charge in [-0.2, -0.15) is 0 Å². The lowest BCUT2D eigenvalue weighted by Gasteiger charge is -2.22. The average Bonchev–Trinajstić information content (AvgIpc) is 3.64. The molecule has 3 aromatic rings. The summed E-state index contributed by atoms with van der Waals surface area (Å²) in [6.45, 7) is 17.1. The molecule has 1 fully saturated rings. The molecule has 0 saturated carbocycles. The van der Waals surface area contributed by atoms with Crippen LogP contribution in [0.25, 0.3) is 16.3 Å². The molecule has 0 radical (unpaired) electrons. The minimum absolute atomic E-state index is 0.0237. The summed E-state index contributed by atoms with van der Waals surface area (Å²) >= 11 is 1.64. The molecule has 2 aromatic carbocycles. The highest BCUT2D eigenvalue weighted by Gasteiger charge is 2.18. The number of ketones is 1. The molecule has 2 unspecified atom stereocenters. The third-order valence-corrected chi connectivity index (χ3v) is 10.3. The predicted octanol–water partition coefficient (Wildman–Crippen LogP) is 12.5. The van der Waals surface area contributed by atoms with Gasteiger partial charge in [-0.1, -0.05) is 77.1 Å². The van der Waals surface area contributed by atoms with Crippen molar-refractivity contribution >= 4 is 45.6 Å². The van der Waals surface area contributed by atoms with Gasteiger partial charge in [-0.15, -0.1) is 11.3 Å². The number of aldehydes is 1. The van der Waals surface area contributed by atoms with Crippen LogP contribution in [0, 0.1) is 18.8 Å². The molecule has 2 atom stereocenters.